The van der Waals surface area contributed by atoms with Crippen LogP contribution in [0, 0.1) is 0 Å². The Balaban J connectivity index is 1.42. The van der Waals surface area contributed by atoms with Crippen molar-refractivity contribution < 1.29 is 4.79 Å². The van der Waals surface area contributed by atoms with Gasteiger partial charge in [0.2, 0.25) is 5.91 Å². The number of benzene rings is 1. The molecule has 7 nitrogen and oxygen atoms in total. The highest BCUT2D eigenvalue weighted by Gasteiger charge is 2.38. The first-order chi connectivity index (χ1) is 14.3. The Bertz CT molecular complexity index is 783. The van der Waals surface area contributed by atoms with Crippen molar-refractivity contribution in [3.63, 3.8) is 0 Å². The molecule has 1 saturated heterocycles. The average Bonchev–Trinajstić information content (AvgIpc) is 3.35. The highest BCUT2D eigenvalue weighted by Crippen LogP contribution is 2.27. The zero-order valence-corrected chi connectivity index (χ0v) is 16.9. The quantitative estimate of drug-likeness (QED) is 0.763. The van der Waals surface area contributed by atoms with Crippen LogP contribution in [0.5, 0.6) is 0 Å². The van der Waals surface area contributed by atoms with Crippen molar-refractivity contribution in [2.75, 3.05) is 13.1 Å². The monoisotopic (exact) mass is 394 g/mol. The van der Waals surface area contributed by atoms with Crippen LogP contribution in [0.3, 0.4) is 0 Å². The molecule has 1 aliphatic heterocycles. The van der Waals surface area contributed by atoms with Gasteiger partial charge >= 0.3 is 0 Å². The molecule has 2 fully saturated rings. The van der Waals surface area contributed by atoms with Crippen LogP contribution >= 0.6 is 0 Å². The van der Waals surface area contributed by atoms with Gasteiger partial charge in [0.15, 0.2) is 0 Å². The summed E-state index contributed by atoms with van der Waals surface area (Å²) < 4.78 is 1.78. The van der Waals surface area contributed by atoms with Crippen LogP contribution in [0.25, 0.3) is 6.08 Å². The van der Waals surface area contributed by atoms with Crippen molar-refractivity contribution in [3.8, 4) is 0 Å². The lowest BCUT2D eigenvalue weighted by atomic mass is 10.1. The number of nitrogens with one attached hydrogen (secondary N) is 1. The summed E-state index contributed by atoms with van der Waals surface area (Å²) in [6.07, 6.45) is 13.8. The maximum atomic E-state index is 13.1. The van der Waals surface area contributed by atoms with Crippen LogP contribution < -0.4 is 5.32 Å². The Hall–Kier alpha value is -2.54. The lowest BCUT2D eigenvalue weighted by Crippen LogP contribution is -2.46. The summed E-state index contributed by atoms with van der Waals surface area (Å²) >= 11 is 0. The molecule has 1 amide bonds. The zero-order chi connectivity index (χ0) is 19.9. The van der Waals surface area contributed by atoms with Gasteiger partial charge in [0, 0.05) is 19.1 Å². The second-order valence-electron chi connectivity index (χ2n) is 8.16. The maximum absolute atomic E-state index is 13.1. The predicted molar refractivity (Wildman–Crippen MR) is 112 cm³/mol. The second-order valence-corrected chi connectivity index (χ2v) is 8.16. The number of aromatic nitrogens is 4. The van der Waals surface area contributed by atoms with Gasteiger partial charge in [0.1, 0.15) is 6.33 Å². The third kappa shape index (κ3) is 5.29. The van der Waals surface area contributed by atoms with Gasteiger partial charge in [0.25, 0.3) is 0 Å². The number of carbonyl (C=O) groups is 1. The molecule has 1 aromatic heterocycles. The fourth-order valence-electron chi connectivity index (χ4n) is 4.49. The number of rotatable bonds is 6. The van der Waals surface area contributed by atoms with Crippen LogP contribution in [-0.4, -0.2) is 56.2 Å². The Labute approximate surface area is 172 Å². The van der Waals surface area contributed by atoms with E-state index < -0.39 is 0 Å². The van der Waals surface area contributed by atoms with E-state index in [-0.39, 0.29) is 18.0 Å². The molecule has 0 spiro atoms. The molecule has 1 saturated carbocycles. The van der Waals surface area contributed by atoms with Crippen molar-refractivity contribution in [2.24, 2.45) is 0 Å². The minimum Gasteiger partial charge on any atom is -0.352 e. The molecule has 2 heterocycles. The first-order valence-corrected chi connectivity index (χ1v) is 10.8. The molecule has 4 rings (SSSR count). The molecule has 29 heavy (non-hydrogen) atoms. The van der Waals surface area contributed by atoms with E-state index in [1.54, 1.807) is 11.0 Å². The van der Waals surface area contributed by atoms with Gasteiger partial charge in [-0.1, -0.05) is 68.2 Å². The molecule has 2 atom stereocenters. The standard InChI is InChI=1S/C22H30N6O/c29-22(24-19-12-6-1-2-7-13-19)21-15-20(28-17-23-25-26-28)16-27(21)14-8-11-18-9-4-3-5-10-18/h3-5,8-11,17,19-21H,1-2,6-7,12-16H2,(H,24,29)/t20-,21+/m1/s1. The summed E-state index contributed by atoms with van der Waals surface area (Å²) in [6.45, 7) is 1.50. The summed E-state index contributed by atoms with van der Waals surface area (Å²) in [5.41, 5.74) is 1.17. The van der Waals surface area contributed by atoms with Gasteiger partial charge in [-0.15, -0.1) is 5.10 Å². The molecule has 7 heteroatoms. The summed E-state index contributed by atoms with van der Waals surface area (Å²) in [5.74, 6) is 0.153. The normalized spacial score (nSPS) is 24.0. The van der Waals surface area contributed by atoms with E-state index in [0.29, 0.717) is 6.04 Å². The molecule has 2 aromatic rings. The van der Waals surface area contributed by atoms with E-state index in [1.165, 1.54) is 31.2 Å². The average molecular weight is 395 g/mol. The van der Waals surface area contributed by atoms with E-state index >= 15 is 0 Å². The van der Waals surface area contributed by atoms with Gasteiger partial charge in [-0.3, -0.25) is 9.69 Å². The number of hydrogen-bond donors (Lipinski definition) is 1. The fourth-order valence-corrected chi connectivity index (χ4v) is 4.49. The van der Waals surface area contributed by atoms with Gasteiger partial charge in [0.05, 0.1) is 12.1 Å². The highest BCUT2D eigenvalue weighted by atomic mass is 16.2. The lowest BCUT2D eigenvalue weighted by molar-refractivity contribution is -0.126. The van der Waals surface area contributed by atoms with E-state index in [4.69, 9.17) is 0 Å². The smallest absolute Gasteiger partial charge is 0.237 e. The molecule has 0 unspecified atom stereocenters. The summed E-state index contributed by atoms with van der Waals surface area (Å²) in [6, 6.07) is 10.6. The topological polar surface area (TPSA) is 75.9 Å². The van der Waals surface area contributed by atoms with Gasteiger partial charge in [-0.25, -0.2) is 4.68 Å². The number of tetrazole rings is 1. The fraction of sp³-hybridized carbons (Fsp3) is 0.545. The van der Waals surface area contributed by atoms with E-state index in [1.807, 2.05) is 18.2 Å². The third-order valence-corrected chi connectivity index (χ3v) is 6.07. The molecule has 0 radical (unpaired) electrons. The van der Waals surface area contributed by atoms with Crippen LogP contribution in [0.4, 0.5) is 0 Å². The number of likely N-dealkylation sites (tertiary alicyclic amines) is 1. The molecule has 1 aliphatic carbocycles. The maximum Gasteiger partial charge on any atom is 0.237 e. The Morgan fingerprint density at radius 2 is 1.93 bits per heavy atom. The first-order valence-electron chi connectivity index (χ1n) is 10.8. The highest BCUT2D eigenvalue weighted by molar-refractivity contribution is 5.82. The molecule has 154 valence electrons. The van der Waals surface area contributed by atoms with Crippen molar-refractivity contribution in [3.05, 3.63) is 48.3 Å². The molecular formula is C22H30N6O. The Kier molecular flexibility index (Phi) is 6.67. The second kappa shape index (κ2) is 9.78. The first kappa shape index (κ1) is 19.8. The third-order valence-electron chi connectivity index (χ3n) is 6.07. The summed E-state index contributed by atoms with van der Waals surface area (Å²) in [4.78, 5) is 15.4. The van der Waals surface area contributed by atoms with E-state index in [0.717, 1.165) is 32.4 Å². The van der Waals surface area contributed by atoms with Gasteiger partial charge in [-0.05, 0) is 35.3 Å². The van der Waals surface area contributed by atoms with E-state index in [9.17, 15) is 4.79 Å². The predicted octanol–water partition coefficient (Wildman–Crippen LogP) is 2.84. The Morgan fingerprint density at radius 3 is 2.66 bits per heavy atom. The van der Waals surface area contributed by atoms with Crippen molar-refractivity contribution in [1.82, 2.24) is 30.4 Å². The van der Waals surface area contributed by atoms with Crippen LogP contribution in [0.2, 0.25) is 0 Å². The molecule has 0 bridgehead atoms. The van der Waals surface area contributed by atoms with Crippen LogP contribution in [0.15, 0.2) is 42.7 Å². The number of hydrogen-bond acceptors (Lipinski definition) is 5. The van der Waals surface area contributed by atoms with E-state index in [2.05, 4.69) is 50.0 Å². The Morgan fingerprint density at radius 1 is 1.14 bits per heavy atom. The number of nitrogens with zero attached hydrogens (tertiary/aromatic N) is 5. The van der Waals surface area contributed by atoms with Crippen molar-refractivity contribution in [2.45, 2.75) is 63.1 Å². The lowest BCUT2D eigenvalue weighted by Gasteiger charge is -2.25. The van der Waals surface area contributed by atoms with Crippen LogP contribution in [0.1, 0.15) is 56.6 Å². The number of carbonyl (C=O) groups excluding carboxylic acids is 1. The summed E-state index contributed by atoms with van der Waals surface area (Å²) in [7, 11) is 0. The summed E-state index contributed by atoms with van der Waals surface area (Å²) in [5, 5.41) is 14.9. The number of amides is 1. The van der Waals surface area contributed by atoms with Crippen molar-refractivity contribution in [1.29, 1.82) is 0 Å². The van der Waals surface area contributed by atoms with Crippen LogP contribution in [-0.2, 0) is 4.79 Å². The molecule has 2 aliphatic rings. The largest absolute Gasteiger partial charge is 0.352 e. The zero-order valence-electron chi connectivity index (χ0n) is 16.9. The van der Waals surface area contributed by atoms with Gasteiger partial charge < -0.3 is 5.32 Å². The minimum atomic E-state index is -0.145. The SMILES string of the molecule is O=C(NC1CCCCCC1)[C@@H]1C[C@@H](n2cnnn2)CN1CC=Cc1ccccc1. The van der Waals surface area contributed by atoms with Crippen molar-refractivity contribution >= 4 is 12.0 Å². The molecular weight excluding hydrogens is 364 g/mol. The van der Waals surface area contributed by atoms with Gasteiger partial charge in [-0.2, -0.15) is 0 Å². The molecule has 1 N–H and O–H groups in total. The molecule has 1 aromatic carbocycles. The minimum absolute atomic E-state index is 0.125.